The summed E-state index contributed by atoms with van der Waals surface area (Å²) in [5.74, 6) is 2.47. The monoisotopic (exact) mass is 582 g/mol. The van der Waals surface area contributed by atoms with Crippen molar-refractivity contribution in [3.05, 3.63) is 145 Å². The van der Waals surface area contributed by atoms with Gasteiger partial charge >= 0.3 is 0 Å². The quantitative estimate of drug-likeness (QED) is 0.154. The van der Waals surface area contributed by atoms with Crippen molar-refractivity contribution < 1.29 is 9.30 Å². The molecule has 0 saturated heterocycles. The fourth-order valence-electron chi connectivity index (χ4n) is 7.25. The lowest BCUT2D eigenvalue weighted by Gasteiger charge is -2.21. The fourth-order valence-corrected chi connectivity index (χ4v) is 7.25. The van der Waals surface area contributed by atoms with Gasteiger partial charge in [0.15, 0.2) is 0 Å². The number of benzene rings is 5. The summed E-state index contributed by atoms with van der Waals surface area (Å²) in [6, 6.07) is 42.4. The first-order valence-corrected chi connectivity index (χ1v) is 15.3. The van der Waals surface area contributed by atoms with E-state index in [1.165, 1.54) is 27.6 Å². The van der Waals surface area contributed by atoms with Crippen LogP contribution in [0.4, 0.5) is 0 Å². The molecule has 0 fully saturated rings. The molecule has 0 spiro atoms. The number of imidazole rings is 1. The Morgan fingerprint density at radius 1 is 0.689 bits per heavy atom. The third-order valence-corrected chi connectivity index (χ3v) is 9.38. The molecular weight excluding hydrogens is 552 g/mol. The Morgan fingerprint density at radius 3 is 2.36 bits per heavy atom. The predicted octanol–water partition coefficient (Wildman–Crippen LogP) is 8.85. The third-order valence-electron chi connectivity index (χ3n) is 9.38. The van der Waals surface area contributed by atoms with E-state index in [1.54, 1.807) is 0 Å². The zero-order chi connectivity index (χ0) is 30.3. The zero-order valence-corrected chi connectivity index (χ0v) is 25.3. The maximum atomic E-state index is 6.57. The largest absolute Gasteiger partial charge is 0.458 e. The molecule has 0 saturated carbocycles. The van der Waals surface area contributed by atoms with Crippen LogP contribution in [-0.4, -0.2) is 14.1 Å². The van der Waals surface area contributed by atoms with Crippen molar-refractivity contribution in [2.75, 3.05) is 0 Å². The van der Waals surface area contributed by atoms with Crippen molar-refractivity contribution >= 4 is 32.8 Å². The van der Waals surface area contributed by atoms with E-state index in [4.69, 9.17) is 9.72 Å². The topological polar surface area (TPSA) is 35.9 Å². The third kappa shape index (κ3) is 3.74. The first kappa shape index (κ1) is 25.8. The van der Waals surface area contributed by atoms with Gasteiger partial charge in [-0.1, -0.05) is 92.7 Å². The Hall–Kier alpha value is -5.68. The van der Waals surface area contributed by atoms with E-state index in [9.17, 15) is 0 Å². The molecule has 3 aromatic heterocycles. The SMILES string of the molecule is C[n+]1[c-]n(-c2cccc(Oc3ccc4c5ccccc5n(-c5nccc6c5-c5ccccc5C6(C)C)c4c3)c2)c2ccccc21. The van der Waals surface area contributed by atoms with Crippen molar-refractivity contribution in [3.8, 4) is 34.1 Å². The Balaban J connectivity index is 1.20. The van der Waals surface area contributed by atoms with Gasteiger partial charge < -0.3 is 13.9 Å². The number of nitrogens with zero attached hydrogens (tertiary/aromatic N) is 4. The second-order valence-electron chi connectivity index (χ2n) is 12.3. The highest BCUT2D eigenvalue weighted by Gasteiger charge is 2.37. The molecule has 5 heteroatoms. The molecule has 5 nitrogen and oxygen atoms in total. The van der Waals surface area contributed by atoms with Crippen LogP contribution < -0.4 is 9.30 Å². The van der Waals surface area contributed by atoms with Crippen LogP contribution in [0, 0.1) is 6.33 Å². The number of pyridine rings is 1. The summed E-state index contributed by atoms with van der Waals surface area (Å²) in [6.07, 6.45) is 5.38. The van der Waals surface area contributed by atoms with Gasteiger partial charge in [-0.25, -0.2) is 4.98 Å². The molecule has 216 valence electrons. The van der Waals surface area contributed by atoms with Crippen LogP contribution in [0.5, 0.6) is 11.5 Å². The molecule has 1 aliphatic carbocycles. The van der Waals surface area contributed by atoms with Crippen molar-refractivity contribution in [3.63, 3.8) is 0 Å². The number of hydrogen-bond donors (Lipinski definition) is 0. The predicted molar refractivity (Wildman–Crippen MR) is 180 cm³/mol. The van der Waals surface area contributed by atoms with E-state index in [2.05, 4.69) is 132 Å². The summed E-state index contributed by atoms with van der Waals surface area (Å²) in [5.41, 5.74) is 10.4. The molecular formula is C40H30N4O. The number of aryl methyl sites for hydroxylation is 1. The number of hydrogen-bond acceptors (Lipinski definition) is 2. The van der Waals surface area contributed by atoms with Gasteiger partial charge in [0, 0.05) is 34.0 Å². The van der Waals surface area contributed by atoms with Gasteiger partial charge in [-0.3, -0.25) is 4.57 Å². The van der Waals surface area contributed by atoms with Crippen LogP contribution >= 0.6 is 0 Å². The Kier molecular flexibility index (Phi) is 5.39. The first-order valence-electron chi connectivity index (χ1n) is 15.3. The molecule has 5 aromatic carbocycles. The second-order valence-corrected chi connectivity index (χ2v) is 12.3. The minimum absolute atomic E-state index is 0.110. The average molecular weight is 583 g/mol. The fraction of sp³-hybridized carbons (Fsp3) is 0.100. The lowest BCUT2D eigenvalue weighted by molar-refractivity contribution is -0.649. The maximum Gasteiger partial charge on any atom is 0.244 e. The Bertz CT molecular complexity index is 2460. The van der Waals surface area contributed by atoms with Gasteiger partial charge in [-0.2, -0.15) is 0 Å². The Morgan fingerprint density at radius 2 is 1.44 bits per heavy atom. The van der Waals surface area contributed by atoms with Gasteiger partial charge in [-0.15, -0.1) is 0 Å². The molecule has 0 N–H and O–H groups in total. The van der Waals surface area contributed by atoms with Gasteiger partial charge in [0.2, 0.25) is 6.33 Å². The number of fused-ring (bicyclic) bond motifs is 7. The number of ether oxygens (including phenoxy) is 1. The van der Waals surface area contributed by atoms with Gasteiger partial charge in [0.25, 0.3) is 0 Å². The van der Waals surface area contributed by atoms with Crippen LogP contribution in [0.15, 0.2) is 128 Å². The van der Waals surface area contributed by atoms with Gasteiger partial charge in [0.1, 0.15) is 17.3 Å². The normalized spacial score (nSPS) is 13.4. The summed E-state index contributed by atoms with van der Waals surface area (Å²) >= 11 is 0. The molecule has 1 aliphatic rings. The van der Waals surface area contributed by atoms with Crippen LogP contribution in [0.25, 0.3) is 55.5 Å². The van der Waals surface area contributed by atoms with E-state index in [1.807, 2.05) is 36.0 Å². The summed E-state index contributed by atoms with van der Waals surface area (Å²) in [7, 11) is 2.02. The molecule has 3 heterocycles. The molecule has 0 radical (unpaired) electrons. The molecule has 8 aromatic rings. The van der Waals surface area contributed by atoms with Crippen LogP contribution in [0.1, 0.15) is 25.0 Å². The van der Waals surface area contributed by atoms with Crippen LogP contribution in [0.3, 0.4) is 0 Å². The lowest BCUT2D eigenvalue weighted by Crippen LogP contribution is -2.26. The standard InChI is InChI=1S/C40H30N4O/c1-40(2)32-15-6-4-14-31(32)38-33(40)21-22-41-39(38)44-34-16-7-5-13-29(34)30-20-19-28(24-37(30)44)45-27-12-10-11-26(23-27)43-25-42(3)35-17-8-9-18-36(35)43/h4-24H,1-3H3. The molecule has 9 rings (SSSR count). The summed E-state index contributed by atoms with van der Waals surface area (Å²) < 4.78 is 13.0. The molecule has 0 amide bonds. The number of para-hydroxylation sites is 3. The van der Waals surface area contributed by atoms with Crippen molar-refractivity contribution in [1.29, 1.82) is 0 Å². The summed E-state index contributed by atoms with van der Waals surface area (Å²) in [4.78, 5) is 5.06. The van der Waals surface area contributed by atoms with E-state index in [0.29, 0.717) is 0 Å². The van der Waals surface area contributed by atoms with E-state index >= 15 is 0 Å². The molecule has 0 unspecified atom stereocenters. The van der Waals surface area contributed by atoms with Gasteiger partial charge in [-0.05, 0) is 53.1 Å². The zero-order valence-electron chi connectivity index (χ0n) is 25.3. The first-order chi connectivity index (χ1) is 22.0. The van der Waals surface area contributed by atoms with Gasteiger partial charge in [0.05, 0.1) is 34.8 Å². The second kappa shape index (κ2) is 9.41. The lowest BCUT2D eigenvalue weighted by atomic mass is 9.83. The van der Waals surface area contributed by atoms with E-state index in [-0.39, 0.29) is 5.41 Å². The Labute approximate surface area is 261 Å². The van der Waals surface area contributed by atoms with Crippen molar-refractivity contribution in [2.24, 2.45) is 7.05 Å². The van der Waals surface area contributed by atoms with Crippen LogP contribution in [0.2, 0.25) is 0 Å². The average Bonchev–Trinajstić information content (AvgIpc) is 3.66. The minimum Gasteiger partial charge on any atom is -0.458 e. The smallest absolute Gasteiger partial charge is 0.244 e. The number of aromatic nitrogens is 4. The number of rotatable bonds is 4. The minimum atomic E-state index is -0.110. The summed E-state index contributed by atoms with van der Waals surface area (Å²) in [6.45, 7) is 4.61. The summed E-state index contributed by atoms with van der Waals surface area (Å²) in [5, 5.41) is 2.35. The maximum absolute atomic E-state index is 6.57. The molecule has 0 aliphatic heterocycles. The highest BCUT2D eigenvalue weighted by Crippen LogP contribution is 2.51. The molecule has 0 bridgehead atoms. The van der Waals surface area contributed by atoms with E-state index in [0.717, 1.165) is 50.5 Å². The molecule has 45 heavy (non-hydrogen) atoms. The van der Waals surface area contributed by atoms with E-state index < -0.39 is 0 Å². The molecule has 0 atom stereocenters. The van der Waals surface area contributed by atoms with Crippen LogP contribution in [-0.2, 0) is 12.5 Å². The van der Waals surface area contributed by atoms with Crippen molar-refractivity contribution in [1.82, 2.24) is 14.1 Å². The van der Waals surface area contributed by atoms with Crippen molar-refractivity contribution in [2.45, 2.75) is 19.3 Å². The highest BCUT2D eigenvalue weighted by atomic mass is 16.5. The highest BCUT2D eigenvalue weighted by molar-refractivity contribution is 6.10.